The predicted octanol–water partition coefficient (Wildman–Crippen LogP) is 3.85. The number of halogens is 1. The summed E-state index contributed by atoms with van der Waals surface area (Å²) in [5, 5.41) is 3.64. The van der Waals surface area contributed by atoms with E-state index in [1.165, 1.54) is 42.5 Å². The first-order valence-electron chi connectivity index (χ1n) is 5.99. The van der Waals surface area contributed by atoms with Crippen molar-refractivity contribution in [1.29, 1.82) is 0 Å². The van der Waals surface area contributed by atoms with Gasteiger partial charge in [0.15, 0.2) is 0 Å². The summed E-state index contributed by atoms with van der Waals surface area (Å²) in [5.41, 5.74) is 5.82. The van der Waals surface area contributed by atoms with Crippen LogP contribution < -0.4 is 5.32 Å². The van der Waals surface area contributed by atoms with Gasteiger partial charge in [-0.2, -0.15) is 0 Å². The van der Waals surface area contributed by atoms with E-state index in [0.29, 0.717) is 6.04 Å². The van der Waals surface area contributed by atoms with Crippen LogP contribution in [0.5, 0.6) is 0 Å². The number of benzene rings is 1. The molecule has 1 aliphatic heterocycles. The molecule has 0 aromatic heterocycles. The van der Waals surface area contributed by atoms with Crippen LogP contribution in [0.25, 0.3) is 0 Å². The maximum absolute atomic E-state index is 3.64. The average Bonchev–Trinajstić information content (AvgIpc) is 2.17. The summed E-state index contributed by atoms with van der Waals surface area (Å²) in [4.78, 5) is 0. The fraction of sp³-hybridized carbons (Fsp3) is 0.571. The van der Waals surface area contributed by atoms with Gasteiger partial charge in [-0.1, -0.05) is 24.1 Å². The Hall–Kier alpha value is -0.530. The van der Waals surface area contributed by atoms with E-state index in [4.69, 9.17) is 0 Å². The van der Waals surface area contributed by atoms with E-state index in [-0.39, 0.29) is 12.4 Å². The molecule has 16 heavy (non-hydrogen) atoms. The lowest BCUT2D eigenvalue weighted by Crippen LogP contribution is -2.28. The van der Waals surface area contributed by atoms with Crippen LogP contribution in [0.1, 0.15) is 47.6 Å². The Kier molecular flexibility index (Phi) is 4.82. The molecule has 1 nitrogen and oxygen atoms in total. The van der Waals surface area contributed by atoms with Crippen LogP contribution in [0.2, 0.25) is 0 Å². The van der Waals surface area contributed by atoms with E-state index in [9.17, 15) is 0 Å². The van der Waals surface area contributed by atoms with E-state index >= 15 is 0 Å². The lowest BCUT2D eigenvalue weighted by molar-refractivity contribution is 0.410. The number of aryl methyl sites for hydroxylation is 3. The highest BCUT2D eigenvalue weighted by atomic mass is 35.5. The van der Waals surface area contributed by atoms with Gasteiger partial charge in [-0.25, -0.2) is 0 Å². The quantitative estimate of drug-likeness (QED) is 0.785. The zero-order valence-corrected chi connectivity index (χ0v) is 11.3. The van der Waals surface area contributed by atoms with E-state index in [1.54, 1.807) is 5.56 Å². The van der Waals surface area contributed by atoms with Crippen molar-refractivity contribution in [2.45, 2.75) is 46.1 Å². The Morgan fingerprint density at radius 2 is 1.69 bits per heavy atom. The van der Waals surface area contributed by atoms with Crippen LogP contribution in [0.15, 0.2) is 12.1 Å². The normalized spacial score (nSPS) is 20.3. The van der Waals surface area contributed by atoms with Gasteiger partial charge in [0, 0.05) is 6.04 Å². The molecule has 1 aliphatic rings. The minimum absolute atomic E-state index is 0. The van der Waals surface area contributed by atoms with Crippen molar-refractivity contribution in [3.05, 3.63) is 34.4 Å². The minimum atomic E-state index is 0. The standard InChI is InChI=1S/C14H21N.ClH/c1-10-8-11(2)14(12(3)9-10)13-6-4-5-7-15-13;/h8-9,13,15H,4-7H2,1-3H3;1H/t13-;/m1./s1. The molecule has 0 spiro atoms. The summed E-state index contributed by atoms with van der Waals surface area (Å²) >= 11 is 0. The molecule has 90 valence electrons. The first kappa shape index (κ1) is 13.5. The third-order valence-electron chi connectivity index (χ3n) is 3.40. The SMILES string of the molecule is Cc1cc(C)c([C@H]2CCCCN2)c(C)c1.Cl. The van der Waals surface area contributed by atoms with Gasteiger partial charge in [0.1, 0.15) is 0 Å². The highest BCUT2D eigenvalue weighted by Crippen LogP contribution is 2.29. The smallest absolute Gasteiger partial charge is 0.0325 e. The van der Waals surface area contributed by atoms with Gasteiger partial charge in [0.05, 0.1) is 0 Å². The van der Waals surface area contributed by atoms with Crippen LogP contribution in [0, 0.1) is 20.8 Å². The number of piperidine rings is 1. The largest absolute Gasteiger partial charge is 0.310 e. The summed E-state index contributed by atoms with van der Waals surface area (Å²) < 4.78 is 0. The lowest BCUT2D eigenvalue weighted by atomic mass is 9.89. The lowest BCUT2D eigenvalue weighted by Gasteiger charge is -2.27. The Balaban J connectivity index is 0.00000128. The van der Waals surface area contributed by atoms with Gasteiger partial charge < -0.3 is 5.32 Å². The molecule has 1 aromatic carbocycles. The third kappa shape index (κ3) is 2.78. The van der Waals surface area contributed by atoms with E-state index in [1.807, 2.05) is 0 Å². The van der Waals surface area contributed by atoms with Crippen LogP contribution in [0.4, 0.5) is 0 Å². The highest BCUT2D eigenvalue weighted by Gasteiger charge is 2.18. The first-order valence-corrected chi connectivity index (χ1v) is 5.99. The zero-order chi connectivity index (χ0) is 10.8. The summed E-state index contributed by atoms with van der Waals surface area (Å²) in [6, 6.07) is 5.20. The Morgan fingerprint density at radius 1 is 1.06 bits per heavy atom. The van der Waals surface area contributed by atoms with Crippen LogP contribution >= 0.6 is 12.4 Å². The van der Waals surface area contributed by atoms with Gasteiger partial charge in [0.25, 0.3) is 0 Å². The molecule has 2 heteroatoms. The van der Waals surface area contributed by atoms with Gasteiger partial charge in [-0.3, -0.25) is 0 Å². The van der Waals surface area contributed by atoms with Gasteiger partial charge in [-0.05, 0) is 56.8 Å². The van der Waals surface area contributed by atoms with Gasteiger partial charge in [-0.15, -0.1) is 12.4 Å². The average molecular weight is 240 g/mol. The highest BCUT2D eigenvalue weighted by molar-refractivity contribution is 5.85. The summed E-state index contributed by atoms with van der Waals surface area (Å²) in [6.07, 6.45) is 4.00. The van der Waals surface area contributed by atoms with Crippen LogP contribution in [0.3, 0.4) is 0 Å². The third-order valence-corrected chi connectivity index (χ3v) is 3.40. The molecule has 0 unspecified atom stereocenters. The van der Waals surface area contributed by atoms with Gasteiger partial charge >= 0.3 is 0 Å². The van der Waals surface area contributed by atoms with Crippen molar-refractivity contribution in [2.75, 3.05) is 6.54 Å². The van der Waals surface area contributed by atoms with Crippen LogP contribution in [-0.2, 0) is 0 Å². The number of hydrogen-bond acceptors (Lipinski definition) is 1. The van der Waals surface area contributed by atoms with E-state index in [2.05, 4.69) is 38.2 Å². The number of nitrogens with one attached hydrogen (secondary N) is 1. The Labute approximate surface area is 105 Å². The molecule has 1 fully saturated rings. The molecule has 0 bridgehead atoms. The molecule has 0 aliphatic carbocycles. The second-order valence-corrected chi connectivity index (χ2v) is 4.81. The monoisotopic (exact) mass is 239 g/mol. The molecule has 1 atom stereocenters. The van der Waals surface area contributed by atoms with Crippen molar-refractivity contribution < 1.29 is 0 Å². The van der Waals surface area contributed by atoms with Crippen molar-refractivity contribution in [3.63, 3.8) is 0 Å². The second-order valence-electron chi connectivity index (χ2n) is 4.81. The topological polar surface area (TPSA) is 12.0 Å². The second kappa shape index (κ2) is 5.70. The van der Waals surface area contributed by atoms with Crippen molar-refractivity contribution in [2.24, 2.45) is 0 Å². The first-order chi connectivity index (χ1) is 7.18. The molecule has 1 N–H and O–H groups in total. The number of rotatable bonds is 1. The fourth-order valence-electron chi connectivity index (χ4n) is 2.84. The van der Waals surface area contributed by atoms with Crippen molar-refractivity contribution >= 4 is 12.4 Å². The molecule has 2 rings (SSSR count). The van der Waals surface area contributed by atoms with E-state index in [0.717, 1.165) is 0 Å². The molecule has 1 heterocycles. The number of hydrogen-bond donors (Lipinski definition) is 1. The molecular weight excluding hydrogens is 218 g/mol. The molecule has 0 radical (unpaired) electrons. The minimum Gasteiger partial charge on any atom is -0.310 e. The predicted molar refractivity (Wildman–Crippen MR) is 72.5 cm³/mol. The maximum Gasteiger partial charge on any atom is 0.0325 e. The summed E-state index contributed by atoms with van der Waals surface area (Å²) in [5.74, 6) is 0. The molecular formula is C14H22ClN. The molecule has 0 saturated carbocycles. The zero-order valence-electron chi connectivity index (χ0n) is 10.5. The van der Waals surface area contributed by atoms with Gasteiger partial charge in [0.2, 0.25) is 0 Å². The van der Waals surface area contributed by atoms with E-state index < -0.39 is 0 Å². The summed E-state index contributed by atoms with van der Waals surface area (Å²) in [6.45, 7) is 7.84. The maximum atomic E-state index is 3.64. The van der Waals surface area contributed by atoms with Crippen molar-refractivity contribution in [1.82, 2.24) is 5.32 Å². The summed E-state index contributed by atoms with van der Waals surface area (Å²) in [7, 11) is 0. The Morgan fingerprint density at radius 3 is 2.19 bits per heavy atom. The Bertz CT molecular complexity index is 331. The molecule has 0 amide bonds. The fourth-order valence-corrected chi connectivity index (χ4v) is 2.84. The van der Waals surface area contributed by atoms with Crippen LogP contribution in [-0.4, -0.2) is 6.54 Å². The van der Waals surface area contributed by atoms with Crippen molar-refractivity contribution in [3.8, 4) is 0 Å². The molecule has 1 aromatic rings. The molecule has 1 saturated heterocycles.